The molecule has 4 nitrogen and oxygen atoms in total. The molecule has 24 heavy (non-hydrogen) atoms. The van der Waals surface area contributed by atoms with Crippen LogP contribution in [0, 0.1) is 0 Å². The molecule has 124 valence electrons. The molecule has 0 fully saturated rings. The number of nitrogens with zero attached hydrogens (tertiary/aromatic N) is 2. The van der Waals surface area contributed by atoms with Crippen molar-refractivity contribution < 1.29 is 8.73 Å². The van der Waals surface area contributed by atoms with Crippen LogP contribution in [0.1, 0.15) is 26.3 Å². The lowest BCUT2D eigenvalue weighted by molar-refractivity contribution is 0.459. The number of benzene rings is 2. The maximum absolute atomic E-state index is 12.2. The van der Waals surface area contributed by atoms with E-state index in [1.165, 1.54) is 0 Å². The van der Waals surface area contributed by atoms with Crippen LogP contribution >= 0.6 is 15.9 Å². The first-order valence-corrected chi connectivity index (χ1v) is 9.37. The molecule has 0 radical (unpaired) electrons. The predicted molar refractivity (Wildman–Crippen MR) is 103 cm³/mol. The van der Waals surface area contributed by atoms with Crippen LogP contribution in [0.25, 0.3) is 22.2 Å². The molecule has 2 aromatic carbocycles. The predicted octanol–water partition coefficient (Wildman–Crippen LogP) is 5.14. The zero-order valence-corrected chi connectivity index (χ0v) is 16.0. The Morgan fingerprint density at radius 3 is 2.67 bits per heavy atom. The number of fused-ring (bicyclic) bond motifs is 1. The largest absolute Gasteiger partial charge is 0.356 e. The SMILES string of the molecule is CC(C)(C)[S@](=O)N=Cc1ccccc1-c1noc2cccc(Br)c12. The van der Waals surface area contributed by atoms with E-state index in [1.807, 2.05) is 63.2 Å². The second-order valence-corrected chi connectivity index (χ2v) is 9.12. The van der Waals surface area contributed by atoms with Gasteiger partial charge in [-0.1, -0.05) is 35.5 Å². The first kappa shape index (κ1) is 17.0. The second kappa shape index (κ2) is 6.61. The highest BCUT2D eigenvalue weighted by molar-refractivity contribution is 9.10. The van der Waals surface area contributed by atoms with Gasteiger partial charge in [-0.2, -0.15) is 4.40 Å². The van der Waals surface area contributed by atoms with Crippen molar-refractivity contribution in [1.29, 1.82) is 0 Å². The van der Waals surface area contributed by atoms with Crippen LogP contribution in [0.15, 0.2) is 55.9 Å². The van der Waals surface area contributed by atoms with Gasteiger partial charge in [0.25, 0.3) is 0 Å². The maximum Gasteiger partial charge on any atom is 0.168 e. The first-order valence-electron chi connectivity index (χ1n) is 7.47. The summed E-state index contributed by atoms with van der Waals surface area (Å²) in [5, 5.41) is 5.13. The summed E-state index contributed by atoms with van der Waals surface area (Å²) < 4.78 is 22.3. The fourth-order valence-electron chi connectivity index (χ4n) is 2.22. The Hall–Kier alpha value is -1.79. The lowest BCUT2D eigenvalue weighted by atomic mass is 10.0. The maximum atomic E-state index is 12.2. The third-order valence-electron chi connectivity index (χ3n) is 3.47. The summed E-state index contributed by atoms with van der Waals surface area (Å²) in [4.78, 5) is 0. The lowest BCUT2D eigenvalue weighted by Crippen LogP contribution is -2.19. The molecule has 0 N–H and O–H groups in total. The Morgan fingerprint density at radius 1 is 1.17 bits per heavy atom. The van der Waals surface area contributed by atoms with Crippen molar-refractivity contribution in [2.75, 3.05) is 0 Å². The number of aromatic nitrogens is 1. The first-order chi connectivity index (χ1) is 11.4. The van der Waals surface area contributed by atoms with Crippen molar-refractivity contribution in [2.45, 2.75) is 25.5 Å². The van der Waals surface area contributed by atoms with Gasteiger partial charge in [-0.15, -0.1) is 0 Å². The summed E-state index contributed by atoms with van der Waals surface area (Å²) >= 11 is 3.55. The van der Waals surface area contributed by atoms with Gasteiger partial charge in [0.15, 0.2) is 5.58 Å². The van der Waals surface area contributed by atoms with Gasteiger partial charge in [-0.3, -0.25) is 0 Å². The zero-order valence-electron chi connectivity index (χ0n) is 13.6. The van der Waals surface area contributed by atoms with Crippen molar-refractivity contribution in [3.05, 3.63) is 52.5 Å². The third-order valence-corrected chi connectivity index (χ3v) is 5.48. The molecule has 6 heteroatoms. The molecule has 1 atom stereocenters. The number of halogens is 1. The van der Waals surface area contributed by atoms with Gasteiger partial charge in [-0.25, -0.2) is 4.21 Å². The molecule has 0 bridgehead atoms. The number of hydrogen-bond acceptors (Lipinski definition) is 3. The lowest BCUT2D eigenvalue weighted by Gasteiger charge is -2.13. The molecule has 1 aromatic heterocycles. The third kappa shape index (κ3) is 3.35. The Bertz CT molecular complexity index is 942. The van der Waals surface area contributed by atoms with E-state index in [9.17, 15) is 4.21 Å². The van der Waals surface area contributed by atoms with Crippen LogP contribution in [-0.4, -0.2) is 20.3 Å². The average molecular weight is 405 g/mol. The number of rotatable bonds is 3. The second-order valence-electron chi connectivity index (χ2n) is 6.33. The van der Waals surface area contributed by atoms with Crippen molar-refractivity contribution in [2.24, 2.45) is 4.40 Å². The van der Waals surface area contributed by atoms with E-state index >= 15 is 0 Å². The molecule has 0 aliphatic carbocycles. The van der Waals surface area contributed by atoms with Gasteiger partial charge in [0.2, 0.25) is 0 Å². The smallest absolute Gasteiger partial charge is 0.168 e. The highest BCUT2D eigenvalue weighted by atomic mass is 79.9. The van der Waals surface area contributed by atoms with Crippen LogP contribution in [0.5, 0.6) is 0 Å². The van der Waals surface area contributed by atoms with Crippen molar-refractivity contribution in [3.63, 3.8) is 0 Å². The molecule has 0 spiro atoms. The van der Waals surface area contributed by atoms with E-state index in [0.29, 0.717) is 5.58 Å². The molecule has 0 saturated heterocycles. The molecular weight excluding hydrogens is 388 g/mol. The normalized spacial score (nSPS) is 13.7. The van der Waals surface area contributed by atoms with E-state index in [1.54, 1.807) is 6.21 Å². The molecule has 1 heterocycles. The standard InChI is InChI=1S/C18H17BrN2O2S/c1-18(2,3)24(22)20-11-12-7-4-5-8-13(12)17-16-14(19)9-6-10-15(16)23-21-17/h4-11H,1-3H3/t24-/m0/s1. The zero-order chi connectivity index (χ0) is 17.3. The summed E-state index contributed by atoms with van der Waals surface area (Å²) in [7, 11) is -1.31. The van der Waals surface area contributed by atoms with Crippen molar-refractivity contribution in [3.8, 4) is 11.3 Å². The monoisotopic (exact) mass is 404 g/mol. The van der Waals surface area contributed by atoms with E-state index in [4.69, 9.17) is 4.52 Å². The van der Waals surface area contributed by atoms with E-state index in [2.05, 4.69) is 25.5 Å². The minimum atomic E-state index is -1.31. The molecule has 0 saturated carbocycles. The van der Waals surface area contributed by atoms with Gasteiger partial charge < -0.3 is 4.52 Å². The molecular formula is C18H17BrN2O2S. The quantitative estimate of drug-likeness (QED) is 0.567. The summed E-state index contributed by atoms with van der Waals surface area (Å²) in [6.45, 7) is 5.69. The Balaban J connectivity index is 2.10. The topological polar surface area (TPSA) is 55.5 Å². The van der Waals surface area contributed by atoms with Crippen molar-refractivity contribution >= 4 is 44.1 Å². The Labute approximate surface area is 151 Å². The van der Waals surface area contributed by atoms with Crippen LogP contribution < -0.4 is 0 Å². The fourth-order valence-corrected chi connectivity index (χ4v) is 3.28. The van der Waals surface area contributed by atoms with Crippen LogP contribution in [0.2, 0.25) is 0 Å². The minimum Gasteiger partial charge on any atom is -0.356 e. The van der Waals surface area contributed by atoms with E-state index < -0.39 is 15.7 Å². The van der Waals surface area contributed by atoms with Crippen LogP contribution in [-0.2, 0) is 11.0 Å². The summed E-state index contributed by atoms with van der Waals surface area (Å²) in [5.74, 6) is 0. The van der Waals surface area contributed by atoms with E-state index in [0.717, 1.165) is 26.7 Å². The average Bonchev–Trinajstić information content (AvgIpc) is 2.97. The van der Waals surface area contributed by atoms with Gasteiger partial charge in [0, 0.05) is 21.8 Å². The molecule has 3 aromatic rings. The Kier molecular flexibility index (Phi) is 4.69. The summed E-state index contributed by atoms with van der Waals surface area (Å²) in [6.07, 6.45) is 1.65. The summed E-state index contributed by atoms with van der Waals surface area (Å²) in [5.41, 5.74) is 3.18. The molecule has 0 aliphatic heterocycles. The summed E-state index contributed by atoms with van der Waals surface area (Å²) in [6, 6.07) is 13.5. The van der Waals surface area contributed by atoms with Gasteiger partial charge >= 0.3 is 0 Å². The molecule has 0 aliphatic rings. The van der Waals surface area contributed by atoms with Gasteiger partial charge in [0.05, 0.1) is 10.1 Å². The van der Waals surface area contributed by atoms with Crippen LogP contribution in [0.4, 0.5) is 0 Å². The Morgan fingerprint density at radius 2 is 1.92 bits per heavy atom. The van der Waals surface area contributed by atoms with Crippen molar-refractivity contribution in [1.82, 2.24) is 5.16 Å². The minimum absolute atomic E-state index is 0.394. The fraction of sp³-hybridized carbons (Fsp3) is 0.222. The highest BCUT2D eigenvalue weighted by Crippen LogP contribution is 2.34. The van der Waals surface area contributed by atoms with Gasteiger partial charge in [-0.05, 0) is 48.8 Å². The highest BCUT2D eigenvalue weighted by Gasteiger charge is 2.19. The number of hydrogen-bond donors (Lipinski definition) is 0. The van der Waals surface area contributed by atoms with Gasteiger partial charge in [0.1, 0.15) is 16.7 Å². The molecule has 0 unspecified atom stereocenters. The van der Waals surface area contributed by atoms with E-state index in [-0.39, 0.29) is 0 Å². The molecule has 3 rings (SSSR count). The van der Waals surface area contributed by atoms with Crippen LogP contribution in [0.3, 0.4) is 0 Å². The molecule has 0 amide bonds.